The first kappa shape index (κ1) is 15.2. The normalized spacial score (nSPS) is 12.7. The monoisotopic (exact) mass is 284 g/mol. The summed E-state index contributed by atoms with van der Waals surface area (Å²) in [5.74, 6) is 0.0681. The molecular weight excluding hydrogens is 268 g/mol. The van der Waals surface area contributed by atoms with Gasteiger partial charge in [-0.3, -0.25) is 9.69 Å². The smallest absolute Gasteiger partial charge is 0.189 e. The van der Waals surface area contributed by atoms with Crippen LogP contribution in [0.5, 0.6) is 0 Å². The van der Waals surface area contributed by atoms with Crippen molar-refractivity contribution in [1.29, 1.82) is 5.26 Å². The molecule has 3 nitrogen and oxygen atoms in total. The van der Waals surface area contributed by atoms with E-state index < -0.39 is 0 Å². The Labute approximate surface area is 117 Å². The van der Waals surface area contributed by atoms with Gasteiger partial charge < -0.3 is 0 Å². The number of thiophene rings is 1. The molecule has 1 atom stereocenters. The fourth-order valence-electron chi connectivity index (χ4n) is 1.88. The molecule has 98 valence electrons. The first-order valence-electron chi connectivity index (χ1n) is 5.89. The first-order valence-corrected chi connectivity index (χ1v) is 7.09. The number of ketones is 1. The van der Waals surface area contributed by atoms with Crippen molar-refractivity contribution in [3.05, 3.63) is 21.3 Å². The van der Waals surface area contributed by atoms with Crippen molar-refractivity contribution < 1.29 is 4.79 Å². The summed E-state index contributed by atoms with van der Waals surface area (Å²) in [6, 6.07) is 5.62. The van der Waals surface area contributed by atoms with E-state index >= 15 is 0 Å². The van der Waals surface area contributed by atoms with Crippen molar-refractivity contribution in [2.75, 3.05) is 6.54 Å². The van der Waals surface area contributed by atoms with E-state index in [1.165, 1.54) is 11.3 Å². The minimum absolute atomic E-state index is 0.0681. The van der Waals surface area contributed by atoms with E-state index in [-0.39, 0.29) is 17.9 Å². The number of carbonyl (C=O) groups is 1. The average molecular weight is 285 g/mol. The average Bonchev–Trinajstić information content (AvgIpc) is 2.74. The van der Waals surface area contributed by atoms with Crippen LogP contribution in [-0.2, 0) is 0 Å². The second-order valence-electron chi connectivity index (χ2n) is 4.38. The molecule has 0 aromatic carbocycles. The number of rotatable bonds is 6. The minimum Gasteiger partial charge on any atom is -0.291 e. The number of nitrogens with zero attached hydrogens (tertiary/aromatic N) is 2. The van der Waals surface area contributed by atoms with Gasteiger partial charge in [0.1, 0.15) is 0 Å². The van der Waals surface area contributed by atoms with Gasteiger partial charge in [0.2, 0.25) is 0 Å². The molecule has 0 fully saturated rings. The Morgan fingerprint density at radius 2 is 2.17 bits per heavy atom. The molecule has 0 radical (unpaired) electrons. The van der Waals surface area contributed by atoms with Crippen LogP contribution in [0.3, 0.4) is 0 Å². The summed E-state index contributed by atoms with van der Waals surface area (Å²) < 4.78 is 0.624. The SMILES string of the molecule is CC(C)N(CCC#N)C(C)C(=O)c1ccc(Cl)s1. The van der Waals surface area contributed by atoms with Gasteiger partial charge in [-0.05, 0) is 32.9 Å². The lowest BCUT2D eigenvalue weighted by Crippen LogP contribution is -2.43. The molecule has 1 rings (SSSR count). The highest BCUT2D eigenvalue weighted by Gasteiger charge is 2.25. The van der Waals surface area contributed by atoms with Crippen LogP contribution in [0.2, 0.25) is 4.34 Å². The largest absolute Gasteiger partial charge is 0.291 e. The summed E-state index contributed by atoms with van der Waals surface area (Å²) in [4.78, 5) is 15.0. The Bertz CT molecular complexity index is 450. The molecule has 0 amide bonds. The summed E-state index contributed by atoms with van der Waals surface area (Å²) in [7, 11) is 0. The van der Waals surface area contributed by atoms with Gasteiger partial charge in [0, 0.05) is 19.0 Å². The van der Waals surface area contributed by atoms with Gasteiger partial charge in [-0.25, -0.2) is 0 Å². The third-order valence-electron chi connectivity index (χ3n) is 2.84. The van der Waals surface area contributed by atoms with Gasteiger partial charge in [-0.1, -0.05) is 11.6 Å². The van der Waals surface area contributed by atoms with Crippen LogP contribution >= 0.6 is 22.9 Å². The van der Waals surface area contributed by atoms with Crippen molar-refractivity contribution in [2.24, 2.45) is 0 Å². The third-order valence-corrected chi connectivity index (χ3v) is 4.08. The molecule has 18 heavy (non-hydrogen) atoms. The predicted molar refractivity (Wildman–Crippen MR) is 75.2 cm³/mol. The Morgan fingerprint density at radius 1 is 1.50 bits per heavy atom. The first-order chi connectivity index (χ1) is 8.47. The van der Waals surface area contributed by atoms with Crippen molar-refractivity contribution in [1.82, 2.24) is 4.90 Å². The second-order valence-corrected chi connectivity index (χ2v) is 6.10. The lowest BCUT2D eigenvalue weighted by atomic mass is 10.1. The highest BCUT2D eigenvalue weighted by molar-refractivity contribution is 7.18. The van der Waals surface area contributed by atoms with Crippen molar-refractivity contribution in [3.8, 4) is 6.07 Å². The van der Waals surface area contributed by atoms with E-state index in [4.69, 9.17) is 16.9 Å². The third kappa shape index (κ3) is 3.81. The lowest BCUT2D eigenvalue weighted by molar-refractivity contribution is 0.0797. The van der Waals surface area contributed by atoms with E-state index in [0.29, 0.717) is 22.2 Å². The number of nitriles is 1. The number of halogens is 1. The Kier molecular flexibility index (Phi) is 5.80. The van der Waals surface area contributed by atoms with E-state index in [1.54, 1.807) is 12.1 Å². The van der Waals surface area contributed by atoms with Crippen molar-refractivity contribution >= 4 is 28.7 Å². The summed E-state index contributed by atoms with van der Waals surface area (Å²) in [6.45, 7) is 6.55. The molecule has 0 spiro atoms. The summed E-state index contributed by atoms with van der Waals surface area (Å²) in [5, 5.41) is 8.66. The highest BCUT2D eigenvalue weighted by Crippen LogP contribution is 2.24. The van der Waals surface area contributed by atoms with Crippen LogP contribution < -0.4 is 0 Å². The van der Waals surface area contributed by atoms with E-state index in [0.717, 1.165) is 0 Å². The zero-order valence-electron chi connectivity index (χ0n) is 10.8. The predicted octanol–water partition coefficient (Wildman–Crippen LogP) is 3.60. The second kappa shape index (κ2) is 6.89. The van der Waals surface area contributed by atoms with Crippen LogP contribution in [0.25, 0.3) is 0 Å². The van der Waals surface area contributed by atoms with Crippen LogP contribution in [0.15, 0.2) is 12.1 Å². The molecule has 5 heteroatoms. The quantitative estimate of drug-likeness (QED) is 0.750. The van der Waals surface area contributed by atoms with Gasteiger partial charge >= 0.3 is 0 Å². The summed E-state index contributed by atoms with van der Waals surface area (Å²) in [5.41, 5.74) is 0. The van der Waals surface area contributed by atoms with Crippen LogP contribution in [0.1, 0.15) is 36.9 Å². The van der Waals surface area contributed by atoms with Crippen LogP contribution in [0, 0.1) is 11.3 Å². The molecular formula is C13H17ClN2OS. The maximum Gasteiger partial charge on any atom is 0.189 e. The lowest BCUT2D eigenvalue weighted by Gasteiger charge is -2.30. The van der Waals surface area contributed by atoms with Gasteiger partial charge in [0.15, 0.2) is 5.78 Å². The Balaban J connectivity index is 2.79. The highest BCUT2D eigenvalue weighted by atomic mass is 35.5. The maximum atomic E-state index is 12.3. The molecule has 0 saturated carbocycles. The molecule has 1 heterocycles. The number of hydrogen-bond acceptors (Lipinski definition) is 4. The molecule has 1 aromatic rings. The molecule has 0 saturated heterocycles. The maximum absolute atomic E-state index is 12.3. The molecule has 1 aromatic heterocycles. The Morgan fingerprint density at radius 3 is 2.61 bits per heavy atom. The fraction of sp³-hybridized carbons (Fsp3) is 0.538. The topological polar surface area (TPSA) is 44.1 Å². The van der Waals surface area contributed by atoms with Gasteiger partial charge in [-0.2, -0.15) is 5.26 Å². The number of hydrogen-bond donors (Lipinski definition) is 0. The van der Waals surface area contributed by atoms with Gasteiger partial charge in [0.25, 0.3) is 0 Å². The molecule has 0 aliphatic heterocycles. The van der Waals surface area contributed by atoms with Gasteiger partial charge in [0.05, 0.1) is 21.3 Å². The van der Waals surface area contributed by atoms with E-state index in [2.05, 4.69) is 6.07 Å². The zero-order chi connectivity index (χ0) is 13.7. The molecule has 0 N–H and O–H groups in total. The van der Waals surface area contributed by atoms with Crippen LogP contribution in [0.4, 0.5) is 0 Å². The minimum atomic E-state index is -0.229. The molecule has 0 aliphatic rings. The standard InChI is InChI=1S/C13H17ClN2OS/c1-9(2)16(8-4-7-15)10(3)13(17)11-5-6-12(14)18-11/h5-6,9-10H,4,8H2,1-3H3. The fourth-order valence-corrected chi connectivity index (χ4v) is 2.95. The molecule has 0 aliphatic carbocycles. The van der Waals surface area contributed by atoms with Crippen LogP contribution in [-0.4, -0.2) is 29.3 Å². The van der Waals surface area contributed by atoms with Crippen molar-refractivity contribution in [3.63, 3.8) is 0 Å². The number of Topliss-reactive ketones (excluding diaryl/α,β-unsaturated/α-hetero) is 1. The summed E-state index contributed by atoms with van der Waals surface area (Å²) >= 11 is 7.15. The zero-order valence-corrected chi connectivity index (χ0v) is 12.4. The number of carbonyl (C=O) groups excluding carboxylic acids is 1. The molecule has 0 bridgehead atoms. The Hall–Kier alpha value is -0.890. The van der Waals surface area contributed by atoms with Crippen molar-refractivity contribution in [2.45, 2.75) is 39.3 Å². The molecule has 1 unspecified atom stereocenters. The summed E-state index contributed by atoms with van der Waals surface area (Å²) in [6.07, 6.45) is 0.432. The van der Waals surface area contributed by atoms with E-state index in [9.17, 15) is 4.79 Å². The van der Waals surface area contributed by atoms with E-state index in [1.807, 2.05) is 25.7 Å². The van der Waals surface area contributed by atoms with Gasteiger partial charge in [-0.15, -0.1) is 11.3 Å².